The summed E-state index contributed by atoms with van der Waals surface area (Å²) in [5, 5.41) is 2.94. The highest BCUT2D eigenvalue weighted by Gasteiger charge is 1.87. The van der Waals surface area contributed by atoms with Crippen LogP contribution >= 0.6 is 0 Å². The van der Waals surface area contributed by atoms with Gasteiger partial charge in [0.2, 0.25) is 0 Å². The highest BCUT2D eigenvalue weighted by atomic mass is 16.5. The van der Waals surface area contributed by atoms with Gasteiger partial charge in [0.05, 0.1) is 0 Å². The van der Waals surface area contributed by atoms with E-state index in [1.807, 2.05) is 7.05 Å². The Morgan fingerprint density at radius 1 is 1.42 bits per heavy atom. The maximum absolute atomic E-state index is 5.47. The van der Waals surface area contributed by atoms with E-state index in [1.165, 1.54) is 0 Å². The van der Waals surface area contributed by atoms with Crippen LogP contribution in [0.3, 0.4) is 0 Å². The average molecular weight is 171 g/mol. The number of nitrogens with two attached hydrogens (primary N) is 2. The first-order chi connectivity index (χ1) is 5.66. The Bertz CT molecular complexity index is 171. The molecule has 4 heteroatoms. The molecule has 70 valence electrons. The van der Waals surface area contributed by atoms with Crippen molar-refractivity contribution in [3.8, 4) is 0 Å². The number of rotatable bonds is 5. The van der Waals surface area contributed by atoms with Gasteiger partial charge in [-0.25, -0.2) is 0 Å². The van der Waals surface area contributed by atoms with Crippen molar-refractivity contribution >= 4 is 0 Å². The van der Waals surface area contributed by atoms with Gasteiger partial charge in [-0.1, -0.05) is 0 Å². The summed E-state index contributed by atoms with van der Waals surface area (Å²) in [5.41, 5.74) is 11.6. The van der Waals surface area contributed by atoms with E-state index in [0.717, 1.165) is 6.54 Å². The summed E-state index contributed by atoms with van der Waals surface area (Å²) in [6.07, 6.45) is 3.35. The van der Waals surface area contributed by atoms with Gasteiger partial charge in [0, 0.05) is 12.2 Å². The Hall–Kier alpha value is -1.16. The Balaban J connectivity index is 3.63. The fraction of sp³-hybridized carbons (Fsp3) is 0.500. The van der Waals surface area contributed by atoms with E-state index >= 15 is 0 Å². The van der Waals surface area contributed by atoms with Crippen LogP contribution in [0.15, 0.2) is 23.7 Å². The van der Waals surface area contributed by atoms with Crippen molar-refractivity contribution < 1.29 is 4.74 Å². The van der Waals surface area contributed by atoms with E-state index in [9.17, 15) is 0 Å². The van der Waals surface area contributed by atoms with Crippen molar-refractivity contribution in [3.05, 3.63) is 23.7 Å². The van der Waals surface area contributed by atoms with Crippen LogP contribution in [0.5, 0.6) is 0 Å². The molecule has 0 unspecified atom stereocenters. The number of ether oxygens (including phenoxy) is 1. The van der Waals surface area contributed by atoms with Gasteiger partial charge in [0.25, 0.3) is 0 Å². The van der Waals surface area contributed by atoms with Gasteiger partial charge in [-0.15, -0.1) is 0 Å². The van der Waals surface area contributed by atoms with E-state index in [1.54, 1.807) is 19.1 Å². The van der Waals surface area contributed by atoms with Crippen LogP contribution in [-0.2, 0) is 4.74 Å². The quantitative estimate of drug-likeness (QED) is 0.306. The smallest absolute Gasteiger partial charge is 0.184 e. The summed E-state index contributed by atoms with van der Waals surface area (Å²) in [6.45, 7) is 3.13. The molecule has 0 aliphatic rings. The van der Waals surface area contributed by atoms with Crippen molar-refractivity contribution in [1.29, 1.82) is 0 Å². The average Bonchev–Trinajstić information content (AvgIpc) is 2.01. The first-order valence-corrected chi connectivity index (χ1v) is 3.83. The van der Waals surface area contributed by atoms with Gasteiger partial charge >= 0.3 is 0 Å². The molecule has 0 radical (unpaired) electrons. The Kier molecular flexibility index (Phi) is 5.91. The number of nitrogens with one attached hydrogen (secondary N) is 1. The fourth-order valence-corrected chi connectivity index (χ4v) is 0.533. The molecule has 5 N–H and O–H groups in total. The Morgan fingerprint density at radius 3 is 2.58 bits per heavy atom. The first-order valence-electron chi connectivity index (χ1n) is 3.83. The second kappa shape index (κ2) is 6.54. The van der Waals surface area contributed by atoms with Gasteiger partial charge in [-0.05, 0) is 26.1 Å². The number of hydrogen-bond acceptors (Lipinski definition) is 4. The zero-order chi connectivity index (χ0) is 9.40. The summed E-state index contributed by atoms with van der Waals surface area (Å²) >= 11 is 0. The summed E-state index contributed by atoms with van der Waals surface area (Å²) in [5.74, 6) is 0.384. The largest absolute Gasteiger partial charge is 0.478 e. The molecule has 0 bridgehead atoms. The fourth-order valence-electron chi connectivity index (χ4n) is 0.533. The summed E-state index contributed by atoms with van der Waals surface area (Å²) in [4.78, 5) is 0. The molecular weight excluding hydrogens is 154 g/mol. The molecule has 0 atom stereocenters. The zero-order valence-corrected chi connectivity index (χ0v) is 7.63. The first kappa shape index (κ1) is 10.8. The number of hydrogen-bond donors (Lipinski definition) is 3. The van der Waals surface area contributed by atoms with Crippen LogP contribution in [0.25, 0.3) is 0 Å². The molecule has 12 heavy (non-hydrogen) atoms. The normalized spacial score (nSPS) is 13.2. The summed E-state index contributed by atoms with van der Waals surface area (Å²) in [6, 6.07) is 0. The third-order valence-electron chi connectivity index (χ3n) is 1.13. The third kappa shape index (κ3) is 6.95. The number of allylic oxidation sites excluding steroid dienone is 3. The second-order valence-electron chi connectivity index (χ2n) is 2.43. The molecule has 0 amide bonds. The standard InChI is InChI=1S/C8H17N3O/c1-7(9)3-4-8(10)12-6-5-11-2/h3-4,11H,5-6,9-10H2,1-2H3/b7-3-,8-4+. The van der Waals surface area contributed by atoms with E-state index in [2.05, 4.69) is 5.32 Å². The minimum atomic E-state index is 0.384. The lowest BCUT2D eigenvalue weighted by molar-refractivity contribution is 0.212. The van der Waals surface area contributed by atoms with Crippen molar-refractivity contribution in [2.24, 2.45) is 11.5 Å². The van der Waals surface area contributed by atoms with Crippen LogP contribution in [0, 0.1) is 0 Å². The van der Waals surface area contributed by atoms with E-state index < -0.39 is 0 Å². The maximum atomic E-state index is 5.47. The van der Waals surface area contributed by atoms with Crippen LogP contribution < -0.4 is 16.8 Å². The highest BCUT2D eigenvalue weighted by Crippen LogP contribution is 1.89. The molecule has 0 aromatic heterocycles. The molecule has 0 aliphatic heterocycles. The summed E-state index contributed by atoms with van der Waals surface area (Å²) < 4.78 is 5.11. The van der Waals surface area contributed by atoms with Gasteiger partial charge in [-0.2, -0.15) is 0 Å². The van der Waals surface area contributed by atoms with E-state index in [4.69, 9.17) is 16.2 Å². The van der Waals surface area contributed by atoms with Crippen LogP contribution in [0.1, 0.15) is 6.92 Å². The molecule has 0 spiro atoms. The van der Waals surface area contributed by atoms with Gasteiger partial charge in [-0.3, -0.25) is 0 Å². The van der Waals surface area contributed by atoms with Gasteiger partial charge in [0.15, 0.2) is 5.88 Å². The number of likely N-dealkylation sites (N-methyl/N-ethyl adjacent to an activating group) is 1. The maximum Gasteiger partial charge on any atom is 0.184 e. The molecule has 0 heterocycles. The zero-order valence-electron chi connectivity index (χ0n) is 7.63. The topological polar surface area (TPSA) is 73.3 Å². The predicted octanol–water partition coefficient (Wildman–Crippen LogP) is -0.115. The Morgan fingerprint density at radius 2 is 2.08 bits per heavy atom. The van der Waals surface area contributed by atoms with Crippen LogP contribution in [-0.4, -0.2) is 20.2 Å². The molecule has 0 aliphatic carbocycles. The minimum absolute atomic E-state index is 0.384. The lowest BCUT2D eigenvalue weighted by Crippen LogP contribution is -2.16. The minimum Gasteiger partial charge on any atom is -0.478 e. The van der Waals surface area contributed by atoms with Crippen molar-refractivity contribution in [3.63, 3.8) is 0 Å². The van der Waals surface area contributed by atoms with Crippen LogP contribution in [0.4, 0.5) is 0 Å². The lowest BCUT2D eigenvalue weighted by atomic mass is 10.4. The van der Waals surface area contributed by atoms with E-state index in [0.29, 0.717) is 18.2 Å². The molecule has 0 aromatic carbocycles. The molecule has 4 nitrogen and oxygen atoms in total. The molecule has 0 saturated carbocycles. The SMILES string of the molecule is CNCCO/C(N)=C/C=C(/C)N. The van der Waals surface area contributed by atoms with Crippen molar-refractivity contribution in [2.75, 3.05) is 20.2 Å². The molecule has 0 aromatic rings. The molecule has 0 saturated heterocycles. The monoisotopic (exact) mass is 171 g/mol. The highest BCUT2D eigenvalue weighted by molar-refractivity contribution is 5.09. The predicted molar refractivity (Wildman–Crippen MR) is 50.1 cm³/mol. The van der Waals surface area contributed by atoms with Crippen molar-refractivity contribution in [1.82, 2.24) is 5.32 Å². The summed E-state index contributed by atoms with van der Waals surface area (Å²) in [7, 11) is 1.85. The van der Waals surface area contributed by atoms with Gasteiger partial charge < -0.3 is 21.5 Å². The third-order valence-corrected chi connectivity index (χ3v) is 1.13. The molecule has 0 fully saturated rings. The van der Waals surface area contributed by atoms with Crippen LogP contribution in [0.2, 0.25) is 0 Å². The van der Waals surface area contributed by atoms with Gasteiger partial charge in [0.1, 0.15) is 6.61 Å². The Labute approximate surface area is 73.3 Å². The molecule has 0 rings (SSSR count). The second-order valence-corrected chi connectivity index (χ2v) is 2.43. The lowest BCUT2D eigenvalue weighted by Gasteiger charge is -2.03. The van der Waals surface area contributed by atoms with Crippen molar-refractivity contribution in [2.45, 2.75) is 6.92 Å². The van der Waals surface area contributed by atoms with E-state index in [-0.39, 0.29) is 0 Å². The molecular formula is C8H17N3O.